The van der Waals surface area contributed by atoms with Gasteiger partial charge in [-0.2, -0.15) is 5.26 Å². The van der Waals surface area contributed by atoms with E-state index in [1.165, 1.54) is 4.90 Å². The molecule has 0 radical (unpaired) electrons. The molecule has 0 aliphatic carbocycles. The first-order valence-electron chi connectivity index (χ1n) is 5.20. The molecule has 0 saturated heterocycles. The van der Waals surface area contributed by atoms with E-state index in [4.69, 9.17) is 5.26 Å². The van der Waals surface area contributed by atoms with Crippen LogP contribution in [0.25, 0.3) is 0 Å². The number of carbonyl (C=O) groups is 1. The second-order valence-electron chi connectivity index (χ2n) is 3.49. The fraction of sp³-hybridized carbons (Fsp3) is 0.333. The quantitative estimate of drug-likeness (QED) is 0.835. The number of nitriles is 1. The van der Waals surface area contributed by atoms with Gasteiger partial charge in [-0.3, -0.25) is 0 Å². The third kappa shape index (κ3) is 4.37. The minimum Gasteiger partial charge on any atom is -0.327 e. The average Bonchev–Trinajstić information content (AvgIpc) is 2.36. The van der Waals surface area contributed by atoms with Crippen molar-refractivity contribution in [3.05, 3.63) is 24.3 Å². The lowest BCUT2D eigenvalue weighted by Crippen LogP contribution is -2.31. The highest BCUT2D eigenvalue weighted by molar-refractivity contribution is 7.98. The number of anilines is 1. The van der Waals surface area contributed by atoms with E-state index in [0.717, 1.165) is 10.6 Å². The first-order valence-corrected chi connectivity index (χ1v) is 6.43. The number of carbonyl (C=O) groups excluding carboxylic acids is 1. The van der Waals surface area contributed by atoms with Gasteiger partial charge in [-0.15, -0.1) is 11.8 Å². The molecule has 1 aromatic carbocycles. The van der Waals surface area contributed by atoms with Crippen LogP contribution in [0.15, 0.2) is 29.2 Å². The molecule has 1 N–H and O–H groups in total. The lowest BCUT2D eigenvalue weighted by atomic mass is 10.3. The van der Waals surface area contributed by atoms with Gasteiger partial charge in [-0.25, -0.2) is 4.79 Å². The van der Waals surface area contributed by atoms with Crippen molar-refractivity contribution in [3.8, 4) is 6.07 Å². The van der Waals surface area contributed by atoms with Crippen molar-refractivity contribution in [3.63, 3.8) is 0 Å². The van der Waals surface area contributed by atoms with Crippen molar-refractivity contribution in [1.29, 1.82) is 5.26 Å². The van der Waals surface area contributed by atoms with Crippen LogP contribution in [-0.4, -0.2) is 30.8 Å². The maximum absolute atomic E-state index is 11.7. The number of amides is 2. The van der Waals surface area contributed by atoms with Gasteiger partial charge < -0.3 is 10.2 Å². The molecule has 0 aromatic heterocycles. The molecule has 0 saturated carbocycles. The van der Waals surface area contributed by atoms with Gasteiger partial charge in [0.05, 0.1) is 12.5 Å². The highest BCUT2D eigenvalue weighted by Crippen LogP contribution is 2.17. The number of nitrogens with zero attached hydrogens (tertiary/aromatic N) is 2. The van der Waals surface area contributed by atoms with E-state index in [1.807, 2.05) is 36.6 Å². The topological polar surface area (TPSA) is 56.1 Å². The summed E-state index contributed by atoms with van der Waals surface area (Å²) >= 11 is 1.65. The minimum atomic E-state index is -0.197. The van der Waals surface area contributed by atoms with Crippen LogP contribution in [0.4, 0.5) is 10.5 Å². The zero-order valence-corrected chi connectivity index (χ0v) is 10.8. The summed E-state index contributed by atoms with van der Waals surface area (Å²) in [5.74, 6) is 0. The summed E-state index contributed by atoms with van der Waals surface area (Å²) in [6, 6.07) is 9.44. The van der Waals surface area contributed by atoms with Gasteiger partial charge in [0.2, 0.25) is 0 Å². The molecule has 4 nitrogen and oxygen atoms in total. The maximum atomic E-state index is 11.7. The van der Waals surface area contributed by atoms with Crippen LogP contribution in [-0.2, 0) is 0 Å². The Morgan fingerprint density at radius 2 is 2.12 bits per heavy atom. The van der Waals surface area contributed by atoms with Crippen LogP contribution in [0.3, 0.4) is 0 Å². The summed E-state index contributed by atoms with van der Waals surface area (Å²) in [7, 11) is 1.67. The molecule has 0 unspecified atom stereocenters. The van der Waals surface area contributed by atoms with Crippen molar-refractivity contribution in [2.24, 2.45) is 0 Å². The molecule has 2 amide bonds. The lowest BCUT2D eigenvalue weighted by Gasteiger charge is -2.16. The average molecular weight is 249 g/mol. The molecule has 0 atom stereocenters. The number of hydrogen-bond acceptors (Lipinski definition) is 3. The Hall–Kier alpha value is -1.67. The van der Waals surface area contributed by atoms with Gasteiger partial charge in [0.25, 0.3) is 0 Å². The molecule has 0 aliphatic rings. The van der Waals surface area contributed by atoms with Crippen molar-refractivity contribution in [1.82, 2.24) is 4.90 Å². The van der Waals surface area contributed by atoms with Crippen LogP contribution in [0, 0.1) is 11.3 Å². The lowest BCUT2D eigenvalue weighted by molar-refractivity contribution is 0.223. The predicted molar refractivity (Wildman–Crippen MR) is 70.1 cm³/mol. The molecule has 0 fully saturated rings. The Kier molecular flexibility index (Phi) is 5.37. The largest absolute Gasteiger partial charge is 0.327 e. The molecule has 1 aromatic rings. The number of urea groups is 1. The fourth-order valence-corrected chi connectivity index (χ4v) is 1.62. The summed E-state index contributed by atoms with van der Waals surface area (Å²) in [5.41, 5.74) is 0.761. The Morgan fingerprint density at radius 1 is 1.47 bits per heavy atom. The van der Waals surface area contributed by atoms with E-state index in [1.54, 1.807) is 18.8 Å². The van der Waals surface area contributed by atoms with Crippen molar-refractivity contribution in [2.45, 2.75) is 11.3 Å². The first-order chi connectivity index (χ1) is 8.17. The number of hydrogen-bond donors (Lipinski definition) is 1. The Bertz CT molecular complexity index is 411. The van der Waals surface area contributed by atoms with Crippen LogP contribution in [0.2, 0.25) is 0 Å². The van der Waals surface area contributed by atoms with Gasteiger partial charge in [-0.05, 0) is 30.5 Å². The zero-order valence-electron chi connectivity index (χ0n) is 9.93. The van der Waals surface area contributed by atoms with Crippen LogP contribution < -0.4 is 5.32 Å². The van der Waals surface area contributed by atoms with Crippen molar-refractivity contribution < 1.29 is 4.79 Å². The predicted octanol–water partition coefficient (Wildman–Crippen LogP) is 2.79. The van der Waals surface area contributed by atoms with E-state index >= 15 is 0 Å². The molecule has 0 heterocycles. The van der Waals surface area contributed by atoms with Gasteiger partial charge in [-0.1, -0.05) is 0 Å². The first kappa shape index (κ1) is 13.4. The van der Waals surface area contributed by atoms with E-state index in [-0.39, 0.29) is 6.03 Å². The fourth-order valence-electron chi connectivity index (χ4n) is 1.21. The highest BCUT2D eigenvalue weighted by Gasteiger charge is 2.07. The number of thioether (sulfide) groups is 1. The minimum absolute atomic E-state index is 0.197. The third-order valence-corrected chi connectivity index (χ3v) is 2.99. The molecular weight excluding hydrogens is 234 g/mol. The number of benzene rings is 1. The summed E-state index contributed by atoms with van der Waals surface area (Å²) in [5, 5.41) is 11.2. The van der Waals surface area contributed by atoms with E-state index in [2.05, 4.69) is 5.32 Å². The summed E-state index contributed by atoms with van der Waals surface area (Å²) in [6.07, 6.45) is 2.35. The van der Waals surface area contributed by atoms with Crippen molar-refractivity contribution >= 4 is 23.5 Å². The SMILES string of the molecule is CSc1ccc(NC(=O)N(C)CCC#N)cc1. The molecule has 0 bridgehead atoms. The zero-order chi connectivity index (χ0) is 12.7. The second-order valence-corrected chi connectivity index (χ2v) is 4.37. The normalized spacial score (nSPS) is 9.47. The molecule has 0 spiro atoms. The standard InChI is InChI=1S/C12H15N3OS/c1-15(9-3-8-13)12(16)14-10-4-6-11(17-2)7-5-10/h4-7H,3,9H2,1-2H3,(H,14,16). The number of rotatable bonds is 4. The van der Waals surface area contributed by atoms with Crippen LogP contribution >= 0.6 is 11.8 Å². The molecule has 5 heteroatoms. The smallest absolute Gasteiger partial charge is 0.321 e. The van der Waals surface area contributed by atoms with Gasteiger partial charge in [0.1, 0.15) is 0 Å². The van der Waals surface area contributed by atoms with E-state index in [0.29, 0.717) is 13.0 Å². The van der Waals surface area contributed by atoms with Crippen molar-refractivity contribution in [2.75, 3.05) is 25.2 Å². The van der Waals surface area contributed by atoms with Gasteiger partial charge in [0, 0.05) is 24.2 Å². The molecular formula is C12H15N3OS. The highest BCUT2D eigenvalue weighted by atomic mass is 32.2. The maximum Gasteiger partial charge on any atom is 0.321 e. The van der Waals surface area contributed by atoms with E-state index < -0.39 is 0 Å². The summed E-state index contributed by atoms with van der Waals surface area (Å²) < 4.78 is 0. The van der Waals surface area contributed by atoms with Crippen LogP contribution in [0.1, 0.15) is 6.42 Å². The molecule has 90 valence electrons. The molecule has 17 heavy (non-hydrogen) atoms. The van der Waals surface area contributed by atoms with Gasteiger partial charge >= 0.3 is 6.03 Å². The Labute approximate surface area is 106 Å². The summed E-state index contributed by atoms with van der Waals surface area (Å²) in [4.78, 5) is 14.3. The third-order valence-electron chi connectivity index (χ3n) is 2.25. The molecule has 0 aliphatic heterocycles. The summed E-state index contributed by atoms with van der Waals surface area (Å²) in [6.45, 7) is 0.436. The Morgan fingerprint density at radius 3 is 2.65 bits per heavy atom. The van der Waals surface area contributed by atoms with E-state index in [9.17, 15) is 4.79 Å². The van der Waals surface area contributed by atoms with Gasteiger partial charge in [0.15, 0.2) is 0 Å². The van der Waals surface area contributed by atoms with Crippen LogP contribution in [0.5, 0.6) is 0 Å². The molecule has 1 rings (SSSR count). The number of nitrogens with one attached hydrogen (secondary N) is 1. The second kappa shape index (κ2) is 6.81. The Balaban J connectivity index is 2.52. The monoisotopic (exact) mass is 249 g/mol.